The highest BCUT2D eigenvalue weighted by Crippen LogP contribution is 2.03. The van der Waals surface area contributed by atoms with Crippen molar-refractivity contribution in [2.24, 2.45) is 0 Å². The van der Waals surface area contributed by atoms with Crippen molar-refractivity contribution in [1.29, 1.82) is 0 Å². The highest BCUT2D eigenvalue weighted by molar-refractivity contribution is 5.31. The Labute approximate surface area is 73.2 Å². The van der Waals surface area contributed by atoms with Gasteiger partial charge in [0.15, 0.2) is 0 Å². The van der Waals surface area contributed by atoms with Crippen molar-refractivity contribution in [3.63, 3.8) is 0 Å². The molecule has 0 aliphatic rings. The minimum atomic E-state index is -0.773. The fourth-order valence-corrected chi connectivity index (χ4v) is 0.736. The maximum Gasteiger partial charge on any atom is 0.352 e. The smallest absolute Gasteiger partial charge is 0.348 e. The van der Waals surface area contributed by atoms with Gasteiger partial charge in [0.1, 0.15) is 6.20 Å². The summed E-state index contributed by atoms with van der Waals surface area (Å²) in [7, 11) is 3.34. The van der Waals surface area contributed by atoms with Gasteiger partial charge in [-0.3, -0.25) is 19.9 Å². The maximum absolute atomic E-state index is 11.0. The number of nitrogens with one attached hydrogen (secondary N) is 1. The molecule has 0 aliphatic carbocycles. The SMILES string of the molecule is CN(C)c1ncc([N+](=O)[O-])c(=O)[nH]1. The van der Waals surface area contributed by atoms with Gasteiger partial charge in [-0.2, -0.15) is 0 Å². The Morgan fingerprint density at radius 3 is 2.62 bits per heavy atom. The molecule has 1 aromatic rings. The van der Waals surface area contributed by atoms with Crippen LogP contribution in [-0.2, 0) is 0 Å². The zero-order valence-electron chi connectivity index (χ0n) is 7.14. The molecule has 0 aromatic carbocycles. The van der Waals surface area contributed by atoms with Crippen LogP contribution in [0.5, 0.6) is 0 Å². The van der Waals surface area contributed by atoms with E-state index in [0.717, 1.165) is 6.20 Å². The van der Waals surface area contributed by atoms with Gasteiger partial charge in [-0.15, -0.1) is 0 Å². The van der Waals surface area contributed by atoms with E-state index in [1.165, 1.54) is 0 Å². The Balaban J connectivity index is 3.21. The first kappa shape index (κ1) is 9.17. The Kier molecular flexibility index (Phi) is 2.27. The zero-order valence-corrected chi connectivity index (χ0v) is 7.14. The first-order chi connectivity index (χ1) is 6.02. The number of aromatic nitrogens is 2. The number of hydrogen-bond donors (Lipinski definition) is 1. The van der Waals surface area contributed by atoms with Crippen molar-refractivity contribution >= 4 is 11.6 Å². The molecule has 0 unspecified atom stereocenters. The van der Waals surface area contributed by atoms with Gasteiger partial charge < -0.3 is 4.90 Å². The number of hydrogen-bond acceptors (Lipinski definition) is 5. The van der Waals surface area contributed by atoms with E-state index in [0.29, 0.717) is 0 Å². The molecule has 7 nitrogen and oxygen atoms in total. The van der Waals surface area contributed by atoms with Crippen molar-refractivity contribution in [2.45, 2.75) is 0 Å². The second-order valence-corrected chi connectivity index (χ2v) is 2.57. The molecule has 70 valence electrons. The lowest BCUT2D eigenvalue weighted by Gasteiger charge is -2.08. The molecule has 0 saturated carbocycles. The summed E-state index contributed by atoms with van der Waals surface area (Å²) in [5.41, 5.74) is -1.30. The van der Waals surface area contributed by atoms with Gasteiger partial charge in [0, 0.05) is 14.1 Å². The first-order valence-electron chi connectivity index (χ1n) is 3.43. The normalized spacial score (nSPS) is 9.69. The molecule has 0 aliphatic heterocycles. The van der Waals surface area contributed by atoms with Gasteiger partial charge in [0.2, 0.25) is 5.95 Å². The summed E-state index contributed by atoms with van der Waals surface area (Å²) in [6.07, 6.45) is 0.939. The van der Waals surface area contributed by atoms with E-state index in [1.54, 1.807) is 19.0 Å². The lowest BCUT2D eigenvalue weighted by atomic mass is 10.5. The van der Waals surface area contributed by atoms with Gasteiger partial charge in [0.05, 0.1) is 4.92 Å². The van der Waals surface area contributed by atoms with Crippen molar-refractivity contribution in [3.8, 4) is 0 Å². The quantitative estimate of drug-likeness (QED) is 0.505. The second-order valence-electron chi connectivity index (χ2n) is 2.57. The monoisotopic (exact) mass is 184 g/mol. The van der Waals surface area contributed by atoms with Gasteiger partial charge in [0.25, 0.3) is 0 Å². The average molecular weight is 184 g/mol. The summed E-state index contributed by atoms with van der Waals surface area (Å²) >= 11 is 0. The highest BCUT2D eigenvalue weighted by atomic mass is 16.6. The number of aromatic amines is 1. The van der Waals surface area contributed by atoms with Crippen LogP contribution in [0.2, 0.25) is 0 Å². The van der Waals surface area contributed by atoms with E-state index < -0.39 is 16.2 Å². The lowest BCUT2D eigenvalue weighted by Crippen LogP contribution is -2.19. The predicted octanol–water partition coefficient (Wildman–Crippen LogP) is -0.256. The molecular formula is C6H8N4O3. The molecule has 13 heavy (non-hydrogen) atoms. The number of anilines is 1. The van der Waals surface area contributed by atoms with E-state index >= 15 is 0 Å². The number of rotatable bonds is 2. The molecule has 0 spiro atoms. The van der Waals surface area contributed by atoms with Crippen LogP contribution in [0.15, 0.2) is 11.0 Å². The van der Waals surface area contributed by atoms with Crippen LogP contribution in [-0.4, -0.2) is 29.0 Å². The highest BCUT2D eigenvalue weighted by Gasteiger charge is 2.13. The standard InChI is InChI=1S/C6H8N4O3/c1-9(2)6-7-3-4(10(12)13)5(11)8-6/h3H,1-2H3,(H,7,8,11). The van der Waals surface area contributed by atoms with Crippen LogP contribution in [0, 0.1) is 10.1 Å². The van der Waals surface area contributed by atoms with Crippen LogP contribution in [0.3, 0.4) is 0 Å². The molecular weight excluding hydrogens is 176 g/mol. The van der Waals surface area contributed by atoms with Gasteiger partial charge in [-0.25, -0.2) is 4.98 Å². The molecule has 1 N–H and O–H groups in total. The fourth-order valence-electron chi connectivity index (χ4n) is 0.736. The molecule has 0 fully saturated rings. The van der Waals surface area contributed by atoms with E-state index in [1.807, 2.05) is 0 Å². The molecule has 7 heteroatoms. The number of nitro groups is 1. The van der Waals surface area contributed by atoms with Crippen molar-refractivity contribution < 1.29 is 4.92 Å². The van der Waals surface area contributed by atoms with E-state index in [2.05, 4.69) is 9.97 Å². The predicted molar refractivity (Wildman–Crippen MR) is 45.8 cm³/mol. The van der Waals surface area contributed by atoms with Gasteiger partial charge >= 0.3 is 11.2 Å². The summed E-state index contributed by atoms with van der Waals surface area (Å²) in [5.74, 6) is 0.288. The van der Waals surface area contributed by atoms with Crippen LogP contribution >= 0.6 is 0 Å². The van der Waals surface area contributed by atoms with Gasteiger partial charge in [-0.1, -0.05) is 0 Å². The number of H-pyrrole nitrogens is 1. The number of nitrogens with zero attached hydrogens (tertiary/aromatic N) is 3. The Morgan fingerprint density at radius 2 is 2.23 bits per heavy atom. The average Bonchev–Trinajstić information content (AvgIpc) is 2.03. The molecule has 0 saturated heterocycles. The molecule has 0 bridgehead atoms. The van der Waals surface area contributed by atoms with Crippen LogP contribution in [0.25, 0.3) is 0 Å². The Morgan fingerprint density at radius 1 is 1.62 bits per heavy atom. The van der Waals surface area contributed by atoms with Crippen LogP contribution in [0.4, 0.5) is 11.6 Å². The molecule has 0 amide bonds. The summed E-state index contributed by atoms with van der Waals surface area (Å²) in [4.78, 5) is 28.0. The first-order valence-corrected chi connectivity index (χ1v) is 3.43. The zero-order chi connectivity index (χ0) is 10.0. The minimum absolute atomic E-state index is 0.288. The van der Waals surface area contributed by atoms with E-state index in [4.69, 9.17) is 0 Å². The Hall–Kier alpha value is -1.92. The largest absolute Gasteiger partial charge is 0.352 e. The summed E-state index contributed by atoms with van der Waals surface area (Å²) in [6.45, 7) is 0. The molecule has 1 rings (SSSR count). The third-order valence-corrected chi connectivity index (χ3v) is 1.39. The van der Waals surface area contributed by atoms with Crippen molar-refractivity contribution in [2.75, 3.05) is 19.0 Å². The van der Waals surface area contributed by atoms with Crippen LogP contribution < -0.4 is 10.5 Å². The minimum Gasteiger partial charge on any atom is -0.348 e. The second kappa shape index (κ2) is 3.21. The molecule has 0 atom stereocenters. The fraction of sp³-hybridized carbons (Fsp3) is 0.333. The lowest BCUT2D eigenvalue weighted by molar-refractivity contribution is -0.386. The third-order valence-electron chi connectivity index (χ3n) is 1.39. The summed E-state index contributed by atoms with van der Waals surface area (Å²) < 4.78 is 0. The maximum atomic E-state index is 11.0. The summed E-state index contributed by atoms with van der Waals surface area (Å²) in [6, 6.07) is 0. The van der Waals surface area contributed by atoms with Crippen LogP contribution in [0.1, 0.15) is 0 Å². The molecule has 1 heterocycles. The van der Waals surface area contributed by atoms with Crippen molar-refractivity contribution in [1.82, 2.24) is 9.97 Å². The molecule has 0 radical (unpaired) electrons. The Bertz CT molecular complexity index is 384. The van der Waals surface area contributed by atoms with Gasteiger partial charge in [-0.05, 0) is 0 Å². The van der Waals surface area contributed by atoms with E-state index in [9.17, 15) is 14.9 Å². The van der Waals surface area contributed by atoms with Crippen molar-refractivity contribution in [3.05, 3.63) is 26.7 Å². The topological polar surface area (TPSA) is 92.1 Å². The van der Waals surface area contributed by atoms with E-state index in [-0.39, 0.29) is 5.95 Å². The molecule has 1 aromatic heterocycles. The third kappa shape index (κ3) is 1.81. The summed E-state index contributed by atoms with van der Waals surface area (Å²) in [5, 5.41) is 10.2.